The quantitative estimate of drug-likeness (QED) is 0.445. The van der Waals surface area contributed by atoms with Gasteiger partial charge in [-0.05, 0) is 61.7 Å². The fourth-order valence-corrected chi connectivity index (χ4v) is 4.37. The number of fused-ring (bicyclic) bond motifs is 1. The molecule has 8 heteroatoms. The molecule has 7 nitrogen and oxygen atoms in total. The molecule has 0 unspecified atom stereocenters. The molecule has 4 aromatic rings. The molecule has 32 heavy (non-hydrogen) atoms. The number of pyridine rings is 1. The minimum absolute atomic E-state index is 0.0489. The molecule has 0 atom stereocenters. The number of likely N-dealkylation sites (N-methyl/N-ethyl adjacent to an activating group) is 1. The summed E-state index contributed by atoms with van der Waals surface area (Å²) < 4.78 is 1.90. The summed E-state index contributed by atoms with van der Waals surface area (Å²) in [5.74, 6) is -0.408. The highest BCUT2D eigenvalue weighted by atomic mass is 32.1. The number of H-pyrrole nitrogens is 1. The van der Waals surface area contributed by atoms with Crippen molar-refractivity contribution in [1.29, 1.82) is 0 Å². The predicted octanol–water partition coefficient (Wildman–Crippen LogP) is 4.18. The molecule has 0 radical (unpaired) electrons. The largest absolute Gasteiger partial charge is 0.342 e. The number of hydrogen-bond donors (Lipinski definition) is 2. The molecule has 0 aliphatic carbocycles. The van der Waals surface area contributed by atoms with Crippen molar-refractivity contribution in [1.82, 2.24) is 14.5 Å². The van der Waals surface area contributed by atoms with E-state index in [2.05, 4.69) is 10.3 Å². The van der Waals surface area contributed by atoms with E-state index in [4.69, 9.17) is 0 Å². The summed E-state index contributed by atoms with van der Waals surface area (Å²) in [6.45, 7) is 5.55. The monoisotopic (exact) mass is 448 g/mol. The van der Waals surface area contributed by atoms with Gasteiger partial charge in [-0.3, -0.25) is 14.4 Å². The predicted molar refractivity (Wildman–Crippen MR) is 128 cm³/mol. The Balaban J connectivity index is 1.51. The minimum Gasteiger partial charge on any atom is -0.342 e. The highest BCUT2D eigenvalue weighted by Crippen LogP contribution is 2.23. The van der Waals surface area contributed by atoms with E-state index >= 15 is 0 Å². The Morgan fingerprint density at radius 3 is 2.59 bits per heavy atom. The van der Waals surface area contributed by atoms with Gasteiger partial charge in [0, 0.05) is 35.9 Å². The van der Waals surface area contributed by atoms with Crippen LogP contribution in [-0.2, 0) is 11.3 Å². The lowest BCUT2D eigenvalue weighted by Gasteiger charge is -2.19. The number of thiophene rings is 1. The molecule has 2 N–H and O–H groups in total. The van der Waals surface area contributed by atoms with E-state index in [0.717, 1.165) is 15.8 Å². The second kappa shape index (κ2) is 9.23. The van der Waals surface area contributed by atoms with Crippen LogP contribution in [0.1, 0.15) is 24.2 Å². The average molecular weight is 449 g/mol. The number of carbonyl (C=O) groups excluding carboxylic acids is 2. The van der Waals surface area contributed by atoms with Gasteiger partial charge in [0.05, 0.1) is 10.6 Å². The number of benzene rings is 1. The number of carbonyl (C=O) groups is 2. The van der Waals surface area contributed by atoms with Crippen molar-refractivity contribution in [3.63, 3.8) is 0 Å². The number of nitrogens with one attached hydrogen (secondary N) is 2. The van der Waals surface area contributed by atoms with Gasteiger partial charge in [0.25, 0.3) is 11.5 Å². The molecule has 4 rings (SSSR count). The average Bonchev–Trinajstić information content (AvgIpc) is 3.45. The lowest BCUT2D eigenvalue weighted by Crippen LogP contribution is -2.33. The van der Waals surface area contributed by atoms with Gasteiger partial charge >= 0.3 is 0 Å². The van der Waals surface area contributed by atoms with Crippen molar-refractivity contribution in [2.75, 3.05) is 18.4 Å². The first kappa shape index (κ1) is 21.6. The van der Waals surface area contributed by atoms with E-state index in [-0.39, 0.29) is 18.0 Å². The second-order valence-electron chi connectivity index (χ2n) is 7.33. The Morgan fingerprint density at radius 1 is 1.09 bits per heavy atom. The third kappa shape index (κ3) is 4.36. The Hall–Kier alpha value is -3.65. The minimum atomic E-state index is -0.473. The summed E-state index contributed by atoms with van der Waals surface area (Å²) in [6, 6.07) is 14.5. The first-order chi connectivity index (χ1) is 15.5. The summed E-state index contributed by atoms with van der Waals surface area (Å²) in [5, 5.41) is 5.62. The maximum Gasteiger partial charge on any atom is 0.261 e. The first-order valence-corrected chi connectivity index (χ1v) is 11.3. The summed E-state index contributed by atoms with van der Waals surface area (Å²) in [6.07, 6.45) is 1.87. The molecule has 0 spiro atoms. The Bertz CT molecular complexity index is 1320. The normalized spacial score (nSPS) is 10.9. The van der Waals surface area contributed by atoms with Crippen LogP contribution in [-0.4, -0.2) is 39.4 Å². The number of anilines is 1. The number of nitrogens with zero attached hydrogens (tertiary/aromatic N) is 2. The van der Waals surface area contributed by atoms with Crippen LogP contribution in [0, 0.1) is 0 Å². The Kier molecular flexibility index (Phi) is 6.23. The summed E-state index contributed by atoms with van der Waals surface area (Å²) in [4.78, 5) is 43.0. The molecule has 1 aromatic carbocycles. The van der Waals surface area contributed by atoms with E-state index in [1.165, 1.54) is 17.4 Å². The maximum absolute atomic E-state index is 12.7. The lowest BCUT2D eigenvalue weighted by molar-refractivity contribution is -0.131. The summed E-state index contributed by atoms with van der Waals surface area (Å²) >= 11 is 1.52. The zero-order valence-electron chi connectivity index (χ0n) is 17.9. The lowest BCUT2D eigenvalue weighted by atomic mass is 10.2. The number of amides is 2. The van der Waals surface area contributed by atoms with Crippen molar-refractivity contribution >= 4 is 39.7 Å². The van der Waals surface area contributed by atoms with Gasteiger partial charge in [-0.1, -0.05) is 6.07 Å². The van der Waals surface area contributed by atoms with Crippen LogP contribution >= 0.6 is 11.3 Å². The fraction of sp³-hybridized carbons (Fsp3) is 0.208. The van der Waals surface area contributed by atoms with Crippen molar-refractivity contribution in [3.05, 3.63) is 76.0 Å². The van der Waals surface area contributed by atoms with Gasteiger partial charge in [-0.25, -0.2) is 0 Å². The molecule has 3 heterocycles. The first-order valence-electron chi connectivity index (χ1n) is 10.5. The van der Waals surface area contributed by atoms with Crippen LogP contribution in [0.3, 0.4) is 0 Å². The standard InChI is InChI=1S/C24H24N4O3S/c1-3-27(4-2)22(29)15-28-12-11-16-14-17(7-10-20(16)28)25-23(30)18-8-9-19(26-24(18)31)21-6-5-13-32-21/h5-14H,3-4,15H2,1-2H3,(H,25,30)(H,26,31). The zero-order chi connectivity index (χ0) is 22.7. The third-order valence-electron chi connectivity index (χ3n) is 5.39. The molecule has 2 amide bonds. The van der Waals surface area contributed by atoms with Crippen molar-refractivity contribution in [2.45, 2.75) is 20.4 Å². The van der Waals surface area contributed by atoms with Crippen molar-refractivity contribution < 1.29 is 9.59 Å². The second-order valence-corrected chi connectivity index (χ2v) is 8.28. The Labute approximate surface area is 189 Å². The smallest absolute Gasteiger partial charge is 0.261 e. The van der Waals surface area contributed by atoms with Crippen LogP contribution in [0.15, 0.2) is 64.9 Å². The molecule has 0 saturated carbocycles. The van der Waals surface area contributed by atoms with Crippen molar-refractivity contribution in [2.24, 2.45) is 0 Å². The molecule has 3 aromatic heterocycles. The molecule has 164 valence electrons. The summed E-state index contributed by atoms with van der Waals surface area (Å²) in [7, 11) is 0. The van der Waals surface area contributed by atoms with Gasteiger partial charge < -0.3 is 19.8 Å². The SMILES string of the molecule is CCN(CC)C(=O)Cn1ccc2cc(NC(=O)c3ccc(-c4cccs4)[nH]c3=O)ccc21. The number of rotatable bonds is 7. The molecular weight excluding hydrogens is 424 g/mol. The summed E-state index contributed by atoms with van der Waals surface area (Å²) in [5.41, 5.74) is 1.78. The van der Waals surface area contributed by atoms with E-state index in [9.17, 15) is 14.4 Å². The van der Waals surface area contributed by atoms with Crippen molar-refractivity contribution in [3.8, 4) is 10.6 Å². The molecule has 0 saturated heterocycles. The van der Waals surface area contributed by atoms with Crippen LogP contribution < -0.4 is 10.9 Å². The van der Waals surface area contributed by atoms with Crippen LogP contribution in [0.25, 0.3) is 21.5 Å². The highest BCUT2D eigenvalue weighted by molar-refractivity contribution is 7.13. The third-order valence-corrected chi connectivity index (χ3v) is 6.29. The molecule has 0 fully saturated rings. The molecule has 0 aliphatic heterocycles. The highest BCUT2D eigenvalue weighted by Gasteiger charge is 2.14. The van der Waals surface area contributed by atoms with Gasteiger partial charge in [0.2, 0.25) is 5.91 Å². The molecule has 0 bridgehead atoms. The zero-order valence-corrected chi connectivity index (χ0v) is 18.7. The fourth-order valence-electron chi connectivity index (χ4n) is 3.66. The molecule has 0 aliphatic rings. The van der Waals surface area contributed by atoms with E-state index in [1.807, 2.05) is 60.3 Å². The van der Waals surface area contributed by atoms with Crippen LogP contribution in [0.4, 0.5) is 5.69 Å². The number of aromatic nitrogens is 2. The Morgan fingerprint density at radius 2 is 1.91 bits per heavy atom. The number of hydrogen-bond acceptors (Lipinski definition) is 4. The van der Waals surface area contributed by atoms with E-state index in [0.29, 0.717) is 24.5 Å². The van der Waals surface area contributed by atoms with E-state index < -0.39 is 11.5 Å². The molecular formula is C24H24N4O3S. The topological polar surface area (TPSA) is 87.2 Å². The van der Waals surface area contributed by atoms with Gasteiger partial charge in [-0.15, -0.1) is 11.3 Å². The van der Waals surface area contributed by atoms with Crippen LogP contribution in [0.5, 0.6) is 0 Å². The van der Waals surface area contributed by atoms with Gasteiger partial charge in [0.1, 0.15) is 12.1 Å². The number of aromatic amines is 1. The van der Waals surface area contributed by atoms with Gasteiger partial charge in [-0.2, -0.15) is 0 Å². The van der Waals surface area contributed by atoms with E-state index in [1.54, 1.807) is 17.0 Å². The van der Waals surface area contributed by atoms with Gasteiger partial charge in [0.15, 0.2) is 0 Å². The van der Waals surface area contributed by atoms with Crippen LogP contribution in [0.2, 0.25) is 0 Å². The maximum atomic E-state index is 12.7.